The first-order valence-electron chi connectivity index (χ1n) is 10.5. The Morgan fingerprint density at radius 1 is 1.00 bits per heavy atom. The molecule has 1 aromatic heterocycles. The molecule has 0 saturated carbocycles. The average Bonchev–Trinajstić information content (AvgIpc) is 3.28. The van der Waals surface area contributed by atoms with Gasteiger partial charge in [0.25, 0.3) is 0 Å². The molecule has 1 heterocycles. The minimum Gasteiger partial charge on any atom is -0.496 e. The number of hydrogen-bond donors (Lipinski definition) is 2. The number of methoxy groups -OCH3 is 1. The molecule has 3 aromatic carbocycles. The van der Waals surface area contributed by atoms with E-state index in [4.69, 9.17) is 14.6 Å². The molecule has 2 N–H and O–H groups in total. The van der Waals surface area contributed by atoms with E-state index in [2.05, 4.69) is 4.98 Å². The zero-order valence-electron chi connectivity index (χ0n) is 18.2. The molecule has 0 aliphatic heterocycles. The summed E-state index contributed by atoms with van der Waals surface area (Å²) in [4.78, 5) is 26.4. The second-order valence-corrected chi connectivity index (χ2v) is 7.64. The van der Waals surface area contributed by atoms with E-state index in [9.17, 15) is 18.4 Å². The number of hydrogen-bond acceptors (Lipinski definition) is 4. The van der Waals surface area contributed by atoms with Gasteiger partial charge in [0.05, 0.1) is 13.5 Å². The van der Waals surface area contributed by atoms with Crippen LogP contribution in [0.25, 0.3) is 22.0 Å². The van der Waals surface area contributed by atoms with Crippen molar-refractivity contribution in [2.75, 3.05) is 7.11 Å². The van der Waals surface area contributed by atoms with E-state index in [0.29, 0.717) is 27.8 Å². The fourth-order valence-electron chi connectivity index (χ4n) is 3.77. The van der Waals surface area contributed by atoms with Crippen molar-refractivity contribution in [2.45, 2.75) is 19.4 Å². The van der Waals surface area contributed by atoms with Gasteiger partial charge in [0.2, 0.25) is 0 Å². The molecule has 0 aliphatic rings. The van der Waals surface area contributed by atoms with Crippen LogP contribution < -0.4 is 9.47 Å². The molecule has 0 radical (unpaired) electrons. The lowest BCUT2D eigenvalue weighted by molar-refractivity contribution is -0.136. The molecular formula is C26H21F2NO5. The van der Waals surface area contributed by atoms with Crippen LogP contribution in [0.4, 0.5) is 8.78 Å². The summed E-state index contributed by atoms with van der Waals surface area (Å²) in [5, 5.41) is 9.56. The number of ether oxygens (including phenoxy) is 2. The maximum atomic E-state index is 13.7. The Morgan fingerprint density at radius 3 is 2.44 bits per heavy atom. The van der Waals surface area contributed by atoms with E-state index in [1.807, 2.05) is 18.2 Å². The Kier molecular flexibility index (Phi) is 6.58. The third kappa shape index (κ3) is 4.76. The van der Waals surface area contributed by atoms with Gasteiger partial charge in [0, 0.05) is 40.7 Å². The van der Waals surface area contributed by atoms with Gasteiger partial charge in [-0.25, -0.2) is 8.78 Å². The summed E-state index contributed by atoms with van der Waals surface area (Å²) in [7, 11) is 1.38. The van der Waals surface area contributed by atoms with Crippen molar-refractivity contribution in [1.82, 2.24) is 4.98 Å². The zero-order valence-corrected chi connectivity index (χ0v) is 18.2. The summed E-state index contributed by atoms with van der Waals surface area (Å²) in [6.07, 6.45) is 1.26. The molecule has 0 unspecified atom stereocenters. The number of halogens is 2. The van der Waals surface area contributed by atoms with Crippen LogP contribution in [0.15, 0.2) is 60.8 Å². The van der Waals surface area contributed by atoms with Crippen LogP contribution in [0.1, 0.15) is 28.8 Å². The zero-order chi connectivity index (χ0) is 24.2. The molecule has 6 nitrogen and oxygen atoms in total. The maximum Gasteiger partial charge on any atom is 0.303 e. The highest BCUT2D eigenvalue weighted by atomic mass is 19.2. The molecule has 0 bridgehead atoms. The van der Waals surface area contributed by atoms with E-state index < -0.39 is 17.6 Å². The number of nitrogens with one attached hydrogen (secondary N) is 1. The molecule has 4 aromatic rings. The molecule has 0 aliphatic carbocycles. The fraction of sp³-hybridized carbons (Fsp3) is 0.154. The van der Waals surface area contributed by atoms with Crippen LogP contribution in [0.5, 0.6) is 11.5 Å². The standard InChI is InChI=1S/C26H21F2NO5/c1-33-24-12-21(28)20(27)11-18(24)15-5-7-17(8-6-15)34-14-16-3-2-4-22-26(16)19(13-29-22)23(30)9-10-25(31)32/h2-8,11-13,29H,9-10,14H2,1H3,(H,31,32). The third-order valence-corrected chi connectivity index (χ3v) is 5.46. The predicted molar refractivity (Wildman–Crippen MR) is 122 cm³/mol. The lowest BCUT2D eigenvalue weighted by Gasteiger charge is -2.12. The number of benzene rings is 3. The van der Waals surface area contributed by atoms with Crippen molar-refractivity contribution < 1.29 is 33.0 Å². The van der Waals surface area contributed by atoms with Gasteiger partial charge in [-0.2, -0.15) is 0 Å². The Labute approximate surface area is 193 Å². The molecular weight excluding hydrogens is 444 g/mol. The van der Waals surface area contributed by atoms with Crippen LogP contribution in [0.3, 0.4) is 0 Å². The topological polar surface area (TPSA) is 88.6 Å². The summed E-state index contributed by atoms with van der Waals surface area (Å²) in [5.74, 6) is -2.49. The summed E-state index contributed by atoms with van der Waals surface area (Å²) in [6.45, 7) is 0.169. The van der Waals surface area contributed by atoms with E-state index in [1.165, 1.54) is 7.11 Å². The number of ketones is 1. The first-order chi connectivity index (χ1) is 16.4. The number of Topliss-reactive ketones (excluding diaryl/α,β-unsaturated/α-hetero) is 1. The van der Waals surface area contributed by atoms with Crippen molar-refractivity contribution in [3.63, 3.8) is 0 Å². The van der Waals surface area contributed by atoms with Crippen molar-refractivity contribution in [3.05, 3.63) is 83.6 Å². The molecule has 4 rings (SSSR count). The third-order valence-electron chi connectivity index (χ3n) is 5.46. The van der Waals surface area contributed by atoms with E-state index in [-0.39, 0.29) is 31.0 Å². The first-order valence-corrected chi connectivity index (χ1v) is 10.5. The number of carbonyl (C=O) groups excluding carboxylic acids is 1. The van der Waals surface area contributed by atoms with Gasteiger partial charge in [-0.3, -0.25) is 9.59 Å². The number of fused-ring (bicyclic) bond motifs is 1. The molecule has 0 saturated heterocycles. The predicted octanol–water partition coefficient (Wildman–Crippen LogP) is 5.75. The highest BCUT2D eigenvalue weighted by Gasteiger charge is 2.17. The van der Waals surface area contributed by atoms with Crippen molar-refractivity contribution in [1.29, 1.82) is 0 Å². The number of aromatic amines is 1. The molecule has 8 heteroatoms. The van der Waals surface area contributed by atoms with Crippen molar-refractivity contribution in [2.24, 2.45) is 0 Å². The summed E-state index contributed by atoms with van der Waals surface area (Å²) in [6, 6.07) is 14.4. The monoisotopic (exact) mass is 465 g/mol. The lowest BCUT2D eigenvalue weighted by Crippen LogP contribution is -2.04. The SMILES string of the molecule is COc1cc(F)c(F)cc1-c1ccc(OCc2cccc3[nH]cc(C(=O)CCC(=O)O)c23)cc1. The van der Waals surface area contributed by atoms with E-state index in [0.717, 1.165) is 23.2 Å². The Balaban J connectivity index is 1.54. The summed E-state index contributed by atoms with van der Waals surface area (Å²) < 4.78 is 38.3. The van der Waals surface area contributed by atoms with Crippen LogP contribution in [0.2, 0.25) is 0 Å². The van der Waals surface area contributed by atoms with Gasteiger partial charge in [0.1, 0.15) is 18.1 Å². The highest BCUT2D eigenvalue weighted by Crippen LogP contribution is 2.33. The Hall–Kier alpha value is -4.20. The molecule has 0 atom stereocenters. The van der Waals surface area contributed by atoms with Gasteiger partial charge >= 0.3 is 5.97 Å². The molecule has 0 fully saturated rings. The highest BCUT2D eigenvalue weighted by molar-refractivity contribution is 6.09. The van der Waals surface area contributed by atoms with Gasteiger partial charge in [-0.1, -0.05) is 24.3 Å². The van der Waals surface area contributed by atoms with Gasteiger partial charge in [-0.05, 0) is 35.4 Å². The van der Waals surface area contributed by atoms with Crippen LogP contribution >= 0.6 is 0 Å². The first kappa shape index (κ1) is 23.0. The largest absolute Gasteiger partial charge is 0.496 e. The maximum absolute atomic E-state index is 13.7. The quantitative estimate of drug-likeness (QED) is 0.307. The van der Waals surface area contributed by atoms with Gasteiger partial charge in [0.15, 0.2) is 17.4 Å². The van der Waals surface area contributed by atoms with Crippen LogP contribution in [0, 0.1) is 11.6 Å². The number of carbonyl (C=O) groups is 2. The number of aromatic nitrogens is 1. The normalized spacial score (nSPS) is 10.9. The Bertz CT molecular complexity index is 1360. The number of rotatable bonds is 9. The van der Waals surface area contributed by atoms with Gasteiger partial charge in [-0.15, -0.1) is 0 Å². The van der Waals surface area contributed by atoms with Crippen molar-refractivity contribution in [3.8, 4) is 22.6 Å². The summed E-state index contributed by atoms with van der Waals surface area (Å²) >= 11 is 0. The molecule has 174 valence electrons. The van der Waals surface area contributed by atoms with Crippen LogP contribution in [-0.2, 0) is 11.4 Å². The Morgan fingerprint density at radius 2 is 1.74 bits per heavy atom. The number of H-pyrrole nitrogens is 1. The minimum absolute atomic E-state index is 0.0909. The molecule has 0 spiro atoms. The summed E-state index contributed by atoms with van der Waals surface area (Å²) in [5.41, 5.74) is 2.98. The second-order valence-electron chi connectivity index (χ2n) is 7.64. The number of aliphatic carboxylic acids is 1. The number of carboxylic acids is 1. The minimum atomic E-state index is -1.03. The smallest absolute Gasteiger partial charge is 0.303 e. The molecule has 34 heavy (non-hydrogen) atoms. The average molecular weight is 465 g/mol. The van der Waals surface area contributed by atoms with Gasteiger partial charge < -0.3 is 19.6 Å². The fourth-order valence-corrected chi connectivity index (χ4v) is 3.77. The number of carboxylic acid groups (broad SMARTS) is 1. The van der Waals surface area contributed by atoms with Crippen LogP contribution in [-0.4, -0.2) is 29.0 Å². The van der Waals surface area contributed by atoms with E-state index in [1.54, 1.807) is 30.5 Å². The van der Waals surface area contributed by atoms with Crippen molar-refractivity contribution >= 4 is 22.7 Å². The molecule has 0 amide bonds. The van der Waals surface area contributed by atoms with E-state index >= 15 is 0 Å². The lowest BCUT2D eigenvalue weighted by atomic mass is 10.0. The second kappa shape index (κ2) is 9.74.